The number of para-hydroxylation sites is 1. The summed E-state index contributed by atoms with van der Waals surface area (Å²) in [6, 6.07) is 14.1. The summed E-state index contributed by atoms with van der Waals surface area (Å²) in [5.74, 6) is -0.173. The highest BCUT2D eigenvalue weighted by Gasteiger charge is 2.25. The molecule has 0 aliphatic carbocycles. The third kappa shape index (κ3) is 5.71. The summed E-state index contributed by atoms with van der Waals surface area (Å²) < 4.78 is 15.3. The monoisotopic (exact) mass is 456 g/mol. The maximum atomic E-state index is 13.5. The van der Waals surface area contributed by atoms with Gasteiger partial charge >= 0.3 is 6.03 Å². The molecule has 0 bridgehead atoms. The number of carbonyl (C=O) groups is 2. The lowest BCUT2D eigenvalue weighted by Gasteiger charge is -2.21. The maximum absolute atomic E-state index is 13.5. The molecule has 2 aromatic carbocycles. The van der Waals surface area contributed by atoms with Crippen molar-refractivity contribution >= 4 is 29.4 Å². The van der Waals surface area contributed by atoms with Gasteiger partial charge in [-0.3, -0.25) is 19.6 Å². The van der Waals surface area contributed by atoms with E-state index in [1.54, 1.807) is 47.9 Å². The molecule has 0 saturated heterocycles. The van der Waals surface area contributed by atoms with E-state index in [-0.39, 0.29) is 11.9 Å². The van der Waals surface area contributed by atoms with Crippen LogP contribution in [0.3, 0.4) is 0 Å². The average Bonchev–Trinajstić information content (AvgIpc) is 3.17. The molecule has 3 amide bonds. The number of hydrogen-bond donors (Lipinski definition) is 2. The molecule has 168 valence electrons. The smallest absolute Gasteiger partial charge is 0.308 e. The summed E-state index contributed by atoms with van der Waals surface area (Å²) >= 11 is 1.16. The highest BCUT2D eigenvalue weighted by Crippen LogP contribution is 2.29. The average molecular weight is 457 g/mol. The molecule has 8 nitrogen and oxygen atoms in total. The fraction of sp³-hybridized carbons (Fsp3) is 0.273. The van der Waals surface area contributed by atoms with Crippen LogP contribution in [0.5, 0.6) is 0 Å². The number of hydrogen-bond acceptors (Lipinski definition) is 6. The molecule has 0 fully saturated rings. The van der Waals surface area contributed by atoms with Crippen LogP contribution >= 0.6 is 11.8 Å². The molecule has 3 rings (SSSR count). The lowest BCUT2D eigenvalue weighted by Crippen LogP contribution is -2.39. The van der Waals surface area contributed by atoms with Crippen LogP contribution < -0.4 is 10.6 Å². The number of nitrogens with one attached hydrogen (secondary N) is 2. The second kappa shape index (κ2) is 10.4. The number of rotatable bonds is 7. The molecule has 0 spiro atoms. The Morgan fingerprint density at radius 1 is 1.03 bits per heavy atom. The first-order valence-electron chi connectivity index (χ1n) is 9.97. The number of anilines is 1. The number of carbonyl (C=O) groups excluding carboxylic acids is 2. The van der Waals surface area contributed by atoms with Gasteiger partial charge in [-0.05, 0) is 64.3 Å². The standard InChI is InChI=1S/C22H25FN6O2S/c1-14(28(3)4)19-26-27-22(29(19)18-12-10-16(23)11-13-18)32-15(2)20(30)25-21(31)24-17-8-6-5-7-9-17/h5-15H,1-4H3,(H2,24,25,30,31). The number of nitrogens with zero attached hydrogens (tertiary/aromatic N) is 4. The zero-order valence-corrected chi connectivity index (χ0v) is 19.1. The minimum Gasteiger partial charge on any atom is -0.308 e. The molecule has 0 aliphatic heterocycles. The second-order valence-corrected chi connectivity index (χ2v) is 8.67. The van der Waals surface area contributed by atoms with E-state index in [4.69, 9.17) is 0 Å². The zero-order valence-electron chi connectivity index (χ0n) is 18.2. The van der Waals surface area contributed by atoms with Crippen LogP contribution in [0, 0.1) is 5.82 Å². The van der Waals surface area contributed by atoms with Crippen LogP contribution in [0.4, 0.5) is 14.9 Å². The predicted molar refractivity (Wildman–Crippen MR) is 122 cm³/mol. The van der Waals surface area contributed by atoms with E-state index in [1.165, 1.54) is 12.1 Å². The topological polar surface area (TPSA) is 92.2 Å². The van der Waals surface area contributed by atoms with Crippen LogP contribution in [-0.4, -0.2) is 50.9 Å². The molecule has 32 heavy (non-hydrogen) atoms. The van der Waals surface area contributed by atoms with Gasteiger partial charge in [0.15, 0.2) is 11.0 Å². The summed E-state index contributed by atoms with van der Waals surface area (Å²) in [6.07, 6.45) is 0. The molecular formula is C22H25FN6O2S. The third-order valence-corrected chi connectivity index (χ3v) is 5.85. The van der Waals surface area contributed by atoms with Gasteiger partial charge in [0.1, 0.15) is 5.82 Å². The van der Waals surface area contributed by atoms with Crippen molar-refractivity contribution in [2.45, 2.75) is 30.3 Å². The summed E-state index contributed by atoms with van der Waals surface area (Å²) in [5.41, 5.74) is 1.26. The fourth-order valence-electron chi connectivity index (χ4n) is 2.80. The van der Waals surface area contributed by atoms with Crippen LogP contribution in [0.1, 0.15) is 25.7 Å². The van der Waals surface area contributed by atoms with Gasteiger partial charge in [-0.1, -0.05) is 30.0 Å². The molecule has 2 unspecified atom stereocenters. The van der Waals surface area contributed by atoms with Gasteiger partial charge in [0.25, 0.3) is 0 Å². The van der Waals surface area contributed by atoms with E-state index < -0.39 is 17.2 Å². The van der Waals surface area contributed by atoms with Crippen molar-refractivity contribution < 1.29 is 14.0 Å². The molecule has 2 N–H and O–H groups in total. The van der Waals surface area contributed by atoms with Crippen molar-refractivity contribution in [3.8, 4) is 5.69 Å². The highest BCUT2D eigenvalue weighted by molar-refractivity contribution is 8.00. The largest absolute Gasteiger partial charge is 0.325 e. The van der Waals surface area contributed by atoms with Crippen molar-refractivity contribution in [3.63, 3.8) is 0 Å². The van der Waals surface area contributed by atoms with E-state index in [1.807, 2.05) is 32.0 Å². The Balaban J connectivity index is 1.77. The van der Waals surface area contributed by atoms with Crippen LogP contribution in [0.2, 0.25) is 0 Å². The lowest BCUT2D eigenvalue weighted by atomic mass is 10.2. The number of amides is 3. The van der Waals surface area contributed by atoms with Gasteiger partial charge in [0.05, 0.1) is 11.3 Å². The van der Waals surface area contributed by atoms with Crippen molar-refractivity contribution in [1.29, 1.82) is 0 Å². The normalized spacial score (nSPS) is 12.9. The van der Waals surface area contributed by atoms with Gasteiger partial charge in [-0.25, -0.2) is 9.18 Å². The van der Waals surface area contributed by atoms with Crippen LogP contribution in [-0.2, 0) is 4.79 Å². The Morgan fingerprint density at radius 3 is 2.31 bits per heavy atom. The molecule has 3 aromatic rings. The van der Waals surface area contributed by atoms with Gasteiger partial charge in [0.2, 0.25) is 5.91 Å². The van der Waals surface area contributed by atoms with Crippen LogP contribution in [0.15, 0.2) is 59.8 Å². The van der Waals surface area contributed by atoms with Crippen molar-refractivity contribution in [3.05, 3.63) is 66.2 Å². The quantitative estimate of drug-likeness (QED) is 0.525. The maximum Gasteiger partial charge on any atom is 0.325 e. The van der Waals surface area contributed by atoms with Gasteiger partial charge in [0, 0.05) is 11.4 Å². The summed E-state index contributed by atoms with van der Waals surface area (Å²) in [4.78, 5) is 26.7. The van der Waals surface area contributed by atoms with E-state index in [2.05, 4.69) is 20.8 Å². The number of benzene rings is 2. The van der Waals surface area contributed by atoms with E-state index >= 15 is 0 Å². The number of thioether (sulfide) groups is 1. The van der Waals surface area contributed by atoms with Gasteiger partial charge in [-0.15, -0.1) is 10.2 Å². The Bertz CT molecular complexity index is 1070. The molecule has 2 atom stereocenters. The number of urea groups is 1. The summed E-state index contributed by atoms with van der Waals surface area (Å²) in [6.45, 7) is 3.65. The molecular weight excluding hydrogens is 431 g/mol. The number of aromatic nitrogens is 3. The number of halogens is 1. The molecule has 0 aliphatic rings. The Hall–Kier alpha value is -3.24. The number of imide groups is 1. The highest BCUT2D eigenvalue weighted by atomic mass is 32.2. The first-order valence-corrected chi connectivity index (χ1v) is 10.9. The first-order chi connectivity index (χ1) is 15.3. The molecule has 1 heterocycles. The molecule has 10 heteroatoms. The second-order valence-electron chi connectivity index (χ2n) is 7.36. The van der Waals surface area contributed by atoms with Gasteiger partial charge in [-0.2, -0.15) is 0 Å². The Kier molecular flexibility index (Phi) is 7.60. The Morgan fingerprint density at radius 2 is 1.69 bits per heavy atom. The van der Waals surface area contributed by atoms with Crippen LogP contribution in [0.25, 0.3) is 5.69 Å². The third-order valence-electron chi connectivity index (χ3n) is 4.81. The van der Waals surface area contributed by atoms with E-state index in [0.29, 0.717) is 22.4 Å². The lowest BCUT2D eigenvalue weighted by molar-refractivity contribution is -0.119. The minimum atomic E-state index is -0.637. The summed E-state index contributed by atoms with van der Waals surface area (Å²) in [5, 5.41) is 13.4. The van der Waals surface area contributed by atoms with Crippen molar-refractivity contribution in [2.24, 2.45) is 0 Å². The summed E-state index contributed by atoms with van der Waals surface area (Å²) in [7, 11) is 3.84. The van der Waals surface area contributed by atoms with Gasteiger partial charge < -0.3 is 5.32 Å². The SMILES string of the molecule is CC(Sc1nnc(C(C)N(C)C)n1-c1ccc(F)cc1)C(=O)NC(=O)Nc1ccccc1. The molecule has 0 radical (unpaired) electrons. The fourth-order valence-corrected chi connectivity index (χ4v) is 3.68. The van der Waals surface area contributed by atoms with Crippen molar-refractivity contribution in [2.75, 3.05) is 19.4 Å². The molecule has 1 aromatic heterocycles. The minimum absolute atomic E-state index is 0.0808. The molecule has 0 saturated carbocycles. The van der Waals surface area contributed by atoms with E-state index in [0.717, 1.165) is 11.8 Å². The first kappa shape index (κ1) is 23.4. The Labute approximate surface area is 190 Å². The van der Waals surface area contributed by atoms with E-state index in [9.17, 15) is 14.0 Å². The zero-order chi connectivity index (χ0) is 23.3. The van der Waals surface area contributed by atoms with Crippen molar-refractivity contribution in [1.82, 2.24) is 25.0 Å². The predicted octanol–water partition coefficient (Wildman–Crippen LogP) is 3.86.